The highest BCUT2D eigenvalue weighted by molar-refractivity contribution is 5.65. The molecule has 1 aromatic heterocycles. The summed E-state index contributed by atoms with van der Waals surface area (Å²) >= 11 is 0. The van der Waals surface area contributed by atoms with Gasteiger partial charge in [0.15, 0.2) is 0 Å². The van der Waals surface area contributed by atoms with E-state index in [1.165, 1.54) is 4.90 Å². The second-order valence-electron chi connectivity index (χ2n) is 5.33. The molecule has 1 aromatic rings. The van der Waals surface area contributed by atoms with Crippen LogP contribution in [0.2, 0.25) is 0 Å². The van der Waals surface area contributed by atoms with Crippen molar-refractivity contribution in [2.45, 2.75) is 39.3 Å². The number of aromatic nitrogens is 2. The van der Waals surface area contributed by atoms with E-state index in [4.69, 9.17) is 5.11 Å². The topological polar surface area (TPSA) is 78.3 Å². The van der Waals surface area contributed by atoms with Crippen molar-refractivity contribution in [2.24, 2.45) is 0 Å². The van der Waals surface area contributed by atoms with Crippen molar-refractivity contribution in [3.05, 3.63) is 21.6 Å². The fourth-order valence-corrected chi connectivity index (χ4v) is 2.17. The number of aromatic amines is 1. The van der Waals surface area contributed by atoms with Gasteiger partial charge in [0.25, 0.3) is 5.56 Å². The van der Waals surface area contributed by atoms with Crippen LogP contribution >= 0.6 is 0 Å². The third-order valence-corrected chi connectivity index (χ3v) is 3.01. The van der Waals surface area contributed by atoms with Gasteiger partial charge in [-0.2, -0.15) is 0 Å². The second kappa shape index (κ2) is 3.65. The van der Waals surface area contributed by atoms with E-state index >= 15 is 0 Å². The van der Waals surface area contributed by atoms with Gasteiger partial charge in [0.05, 0.1) is 17.6 Å². The summed E-state index contributed by atoms with van der Waals surface area (Å²) in [6.07, 6.45) is -0.393. The summed E-state index contributed by atoms with van der Waals surface area (Å²) in [7, 11) is 0. The maximum atomic E-state index is 11.8. The van der Waals surface area contributed by atoms with E-state index in [1.54, 1.807) is 0 Å². The number of carbonyl (C=O) groups is 1. The predicted octanol–water partition coefficient (Wildman–Crippen LogP) is 0.968. The molecule has 0 saturated carbocycles. The molecule has 0 bridgehead atoms. The van der Waals surface area contributed by atoms with E-state index in [0.717, 1.165) is 5.69 Å². The molecule has 1 aliphatic rings. The highest BCUT2D eigenvalue weighted by Crippen LogP contribution is 2.21. The van der Waals surface area contributed by atoms with Crippen LogP contribution in [0.3, 0.4) is 0 Å². The van der Waals surface area contributed by atoms with Gasteiger partial charge in [0, 0.05) is 18.7 Å². The van der Waals surface area contributed by atoms with Crippen LogP contribution in [0, 0.1) is 0 Å². The SMILES string of the molecule is CC(C)(C)n1[nH]c(=O)c2c1CCN(C(=O)O)C2. The molecular weight excluding hydrogens is 222 g/mol. The van der Waals surface area contributed by atoms with E-state index in [1.807, 2.05) is 25.5 Å². The number of hydrogen-bond donors (Lipinski definition) is 2. The van der Waals surface area contributed by atoms with E-state index in [2.05, 4.69) is 5.10 Å². The maximum absolute atomic E-state index is 11.8. The molecule has 17 heavy (non-hydrogen) atoms. The lowest BCUT2D eigenvalue weighted by Crippen LogP contribution is -2.37. The Labute approximate surface area is 98.8 Å². The van der Waals surface area contributed by atoms with Crippen molar-refractivity contribution in [3.8, 4) is 0 Å². The molecule has 0 radical (unpaired) electrons. The zero-order valence-corrected chi connectivity index (χ0v) is 10.3. The third-order valence-electron chi connectivity index (χ3n) is 3.01. The lowest BCUT2D eigenvalue weighted by molar-refractivity contribution is 0.139. The Hall–Kier alpha value is -1.72. The van der Waals surface area contributed by atoms with Crippen LogP contribution in [0.15, 0.2) is 4.79 Å². The van der Waals surface area contributed by atoms with Crippen molar-refractivity contribution < 1.29 is 9.90 Å². The molecule has 0 unspecified atom stereocenters. The quantitative estimate of drug-likeness (QED) is 0.708. The normalized spacial score (nSPS) is 15.8. The summed E-state index contributed by atoms with van der Waals surface area (Å²) in [6.45, 7) is 6.64. The monoisotopic (exact) mass is 239 g/mol. The molecule has 94 valence electrons. The number of H-pyrrole nitrogens is 1. The first-order valence-corrected chi connectivity index (χ1v) is 5.62. The fraction of sp³-hybridized carbons (Fsp3) is 0.636. The van der Waals surface area contributed by atoms with Crippen LogP contribution in [0.1, 0.15) is 32.0 Å². The summed E-state index contributed by atoms with van der Waals surface area (Å²) in [5, 5.41) is 11.7. The highest BCUT2D eigenvalue weighted by atomic mass is 16.4. The summed E-state index contributed by atoms with van der Waals surface area (Å²) in [5.41, 5.74) is 1.13. The molecule has 2 rings (SSSR count). The van der Waals surface area contributed by atoms with Crippen molar-refractivity contribution in [1.29, 1.82) is 0 Å². The Morgan fingerprint density at radius 2 is 2.06 bits per heavy atom. The van der Waals surface area contributed by atoms with Gasteiger partial charge in [-0.1, -0.05) is 0 Å². The van der Waals surface area contributed by atoms with Gasteiger partial charge in [-0.25, -0.2) is 4.79 Å². The molecule has 1 aliphatic heterocycles. The predicted molar refractivity (Wildman–Crippen MR) is 62.2 cm³/mol. The van der Waals surface area contributed by atoms with E-state index in [-0.39, 0.29) is 17.6 Å². The molecule has 6 nitrogen and oxygen atoms in total. The Kier molecular flexibility index (Phi) is 2.52. The maximum Gasteiger partial charge on any atom is 0.407 e. The summed E-state index contributed by atoms with van der Waals surface area (Å²) < 4.78 is 1.85. The minimum absolute atomic E-state index is 0.180. The second-order valence-corrected chi connectivity index (χ2v) is 5.33. The molecular formula is C11H17N3O3. The summed E-state index contributed by atoms with van der Waals surface area (Å²) in [5.74, 6) is 0. The first-order valence-electron chi connectivity index (χ1n) is 5.62. The van der Waals surface area contributed by atoms with E-state index in [0.29, 0.717) is 18.5 Å². The number of carboxylic acid groups (broad SMARTS) is 1. The van der Waals surface area contributed by atoms with Crippen LogP contribution in [0.5, 0.6) is 0 Å². The van der Waals surface area contributed by atoms with Gasteiger partial charge in [-0.05, 0) is 20.8 Å². The van der Waals surface area contributed by atoms with Gasteiger partial charge in [0.2, 0.25) is 0 Å². The molecule has 6 heteroatoms. The third kappa shape index (κ3) is 1.94. The van der Waals surface area contributed by atoms with Gasteiger partial charge < -0.3 is 10.0 Å². The number of amides is 1. The Morgan fingerprint density at radius 3 is 2.59 bits per heavy atom. The first kappa shape index (κ1) is 11.8. The lowest BCUT2D eigenvalue weighted by Gasteiger charge is -2.28. The van der Waals surface area contributed by atoms with Gasteiger partial charge in [-0.3, -0.25) is 14.6 Å². The minimum atomic E-state index is -0.974. The van der Waals surface area contributed by atoms with Gasteiger partial charge >= 0.3 is 6.09 Å². The number of hydrogen-bond acceptors (Lipinski definition) is 2. The molecule has 0 aromatic carbocycles. The average molecular weight is 239 g/mol. The molecule has 0 aliphatic carbocycles. The minimum Gasteiger partial charge on any atom is -0.465 e. The van der Waals surface area contributed by atoms with Crippen molar-refractivity contribution >= 4 is 6.09 Å². The van der Waals surface area contributed by atoms with Crippen LogP contribution in [-0.2, 0) is 18.5 Å². The number of nitrogens with one attached hydrogen (secondary N) is 1. The van der Waals surface area contributed by atoms with Gasteiger partial charge in [0.1, 0.15) is 0 Å². The Morgan fingerprint density at radius 1 is 1.41 bits per heavy atom. The summed E-state index contributed by atoms with van der Waals surface area (Å²) in [6, 6.07) is 0. The molecule has 2 heterocycles. The van der Waals surface area contributed by atoms with Crippen LogP contribution in [0.4, 0.5) is 4.79 Å². The zero-order valence-electron chi connectivity index (χ0n) is 10.3. The number of rotatable bonds is 0. The van der Waals surface area contributed by atoms with Crippen LogP contribution in [0.25, 0.3) is 0 Å². The van der Waals surface area contributed by atoms with E-state index < -0.39 is 6.09 Å². The molecule has 0 spiro atoms. The van der Waals surface area contributed by atoms with Crippen LogP contribution < -0.4 is 5.56 Å². The smallest absolute Gasteiger partial charge is 0.407 e. The zero-order chi connectivity index (χ0) is 12.8. The lowest BCUT2D eigenvalue weighted by atomic mass is 10.0. The van der Waals surface area contributed by atoms with Crippen molar-refractivity contribution in [2.75, 3.05) is 6.54 Å². The summed E-state index contributed by atoms with van der Waals surface area (Å²) in [4.78, 5) is 24.0. The molecule has 0 atom stereocenters. The first-order chi connectivity index (χ1) is 7.80. The van der Waals surface area contributed by atoms with E-state index in [9.17, 15) is 9.59 Å². The molecule has 0 saturated heterocycles. The number of fused-ring (bicyclic) bond motifs is 1. The number of nitrogens with zero attached hydrogens (tertiary/aromatic N) is 2. The van der Waals surface area contributed by atoms with Crippen LogP contribution in [-0.4, -0.2) is 32.4 Å². The molecule has 1 amide bonds. The molecule has 2 N–H and O–H groups in total. The fourth-order valence-electron chi connectivity index (χ4n) is 2.17. The van der Waals surface area contributed by atoms with Gasteiger partial charge in [-0.15, -0.1) is 0 Å². The largest absolute Gasteiger partial charge is 0.465 e. The van der Waals surface area contributed by atoms with Crippen molar-refractivity contribution in [3.63, 3.8) is 0 Å². The van der Waals surface area contributed by atoms with Crippen molar-refractivity contribution in [1.82, 2.24) is 14.7 Å². The highest BCUT2D eigenvalue weighted by Gasteiger charge is 2.29. The Balaban J connectivity index is 2.45. The molecule has 0 fully saturated rings. The average Bonchev–Trinajstić information content (AvgIpc) is 2.55. The Bertz CT molecular complexity index is 507. The standard InChI is InChI=1S/C11H17N3O3/c1-11(2,3)14-8-4-5-13(10(16)17)6-7(8)9(15)12-14/h4-6H2,1-3H3,(H,12,15)(H,16,17).